The molecule has 1 aromatic carbocycles. The van der Waals surface area contributed by atoms with E-state index in [1.165, 1.54) is 0 Å². The molecular weight excluding hydrogens is 176 g/mol. The van der Waals surface area contributed by atoms with Crippen molar-refractivity contribution in [3.05, 3.63) is 42.5 Å². The number of methoxy groups -OCH3 is 1. The molecule has 0 spiro atoms. The Morgan fingerprint density at radius 3 is 2.43 bits per heavy atom. The Morgan fingerprint density at radius 2 is 2.00 bits per heavy atom. The second-order valence-electron chi connectivity index (χ2n) is 3.50. The monoisotopic (exact) mass is 192 g/mol. The second kappa shape index (κ2) is 4.29. The van der Waals surface area contributed by atoms with Crippen molar-refractivity contribution >= 4 is 0 Å². The number of hydrogen-bond acceptors (Lipinski definition) is 2. The molecule has 2 nitrogen and oxygen atoms in total. The maximum atomic E-state index is 10.0. The van der Waals surface area contributed by atoms with Gasteiger partial charge in [0, 0.05) is 0 Å². The highest BCUT2D eigenvalue weighted by Gasteiger charge is 2.20. The third-order valence-electron chi connectivity index (χ3n) is 2.25. The van der Waals surface area contributed by atoms with Gasteiger partial charge in [-0.3, -0.25) is 0 Å². The van der Waals surface area contributed by atoms with Gasteiger partial charge in [0.2, 0.25) is 0 Å². The summed E-state index contributed by atoms with van der Waals surface area (Å²) in [4.78, 5) is 0. The topological polar surface area (TPSA) is 29.5 Å². The summed E-state index contributed by atoms with van der Waals surface area (Å²) in [5.41, 5.74) is 0.0341. The molecule has 0 aliphatic carbocycles. The lowest BCUT2D eigenvalue weighted by Gasteiger charge is -2.22. The zero-order valence-corrected chi connectivity index (χ0v) is 8.66. The van der Waals surface area contributed by atoms with Gasteiger partial charge in [0.1, 0.15) is 5.75 Å². The van der Waals surface area contributed by atoms with Crippen molar-refractivity contribution in [3.8, 4) is 5.75 Å². The molecule has 0 bridgehead atoms. The van der Waals surface area contributed by atoms with E-state index in [1.807, 2.05) is 24.3 Å². The molecule has 1 rings (SSSR count). The maximum absolute atomic E-state index is 10.0. The third kappa shape index (κ3) is 2.36. The summed E-state index contributed by atoms with van der Waals surface area (Å²) in [5, 5.41) is 10.0. The molecule has 0 aromatic heterocycles. The smallest absolute Gasteiger partial charge is 0.118 e. The van der Waals surface area contributed by atoms with Crippen molar-refractivity contribution in [2.75, 3.05) is 7.11 Å². The van der Waals surface area contributed by atoms with Crippen LogP contribution >= 0.6 is 0 Å². The average molecular weight is 192 g/mol. The Hall–Kier alpha value is -1.28. The number of ether oxygens (including phenoxy) is 1. The summed E-state index contributed by atoms with van der Waals surface area (Å²) in [6.07, 6.45) is 2.25. The van der Waals surface area contributed by atoms with Crippen LogP contribution < -0.4 is 4.74 Å². The van der Waals surface area contributed by atoms with Gasteiger partial charge in [0.25, 0.3) is 0 Å². The van der Waals surface area contributed by atoms with Crippen molar-refractivity contribution < 1.29 is 9.84 Å². The fourth-order valence-electron chi connectivity index (χ4n) is 1.35. The molecule has 14 heavy (non-hydrogen) atoms. The first kappa shape index (κ1) is 10.8. The van der Waals surface area contributed by atoms with Crippen LogP contribution in [0.2, 0.25) is 0 Å². The fourth-order valence-corrected chi connectivity index (χ4v) is 1.35. The minimum atomic E-state index is -0.839. The van der Waals surface area contributed by atoms with Gasteiger partial charge >= 0.3 is 0 Å². The van der Waals surface area contributed by atoms with Gasteiger partial charge in [-0.25, -0.2) is 0 Å². The average Bonchev–Trinajstić information content (AvgIpc) is 2.18. The molecule has 0 aliphatic heterocycles. The lowest BCUT2D eigenvalue weighted by Crippen LogP contribution is -2.19. The quantitative estimate of drug-likeness (QED) is 0.743. The molecule has 0 amide bonds. The first-order valence-corrected chi connectivity index (χ1v) is 4.58. The molecule has 0 saturated carbocycles. The van der Waals surface area contributed by atoms with E-state index >= 15 is 0 Å². The van der Waals surface area contributed by atoms with Crippen LogP contribution in [0, 0.1) is 0 Å². The van der Waals surface area contributed by atoms with E-state index in [9.17, 15) is 5.11 Å². The zero-order chi connectivity index (χ0) is 10.6. The lowest BCUT2D eigenvalue weighted by molar-refractivity contribution is 0.0606. The van der Waals surface area contributed by atoms with Crippen LogP contribution in [-0.4, -0.2) is 12.2 Å². The normalized spacial score (nSPS) is 14.5. The van der Waals surface area contributed by atoms with Gasteiger partial charge in [-0.2, -0.15) is 0 Å². The van der Waals surface area contributed by atoms with Crippen LogP contribution in [0.3, 0.4) is 0 Å². The Balaban J connectivity index is 2.90. The van der Waals surface area contributed by atoms with E-state index in [2.05, 4.69) is 6.58 Å². The van der Waals surface area contributed by atoms with Crippen molar-refractivity contribution in [2.45, 2.75) is 18.9 Å². The SMILES string of the molecule is C=CC[C@@](C)(O)c1ccc(OC)cc1. The first-order chi connectivity index (χ1) is 6.60. The molecule has 0 unspecified atom stereocenters. The molecule has 0 heterocycles. The van der Waals surface area contributed by atoms with Crippen molar-refractivity contribution in [1.82, 2.24) is 0 Å². The van der Waals surface area contributed by atoms with E-state index in [1.54, 1.807) is 20.1 Å². The zero-order valence-electron chi connectivity index (χ0n) is 8.66. The summed E-state index contributed by atoms with van der Waals surface area (Å²) >= 11 is 0. The van der Waals surface area contributed by atoms with Gasteiger partial charge in [0.05, 0.1) is 12.7 Å². The Kier molecular flexibility index (Phi) is 3.31. The van der Waals surface area contributed by atoms with E-state index in [4.69, 9.17) is 4.74 Å². The van der Waals surface area contributed by atoms with Gasteiger partial charge in [0.15, 0.2) is 0 Å². The summed E-state index contributed by atoms with van der Waals surface area (Å²) in [6, 6.07) is 7.41. The molecular formula is C12H16O2. The van der Waals surface area contributed by atoms with Crippen molar-refractivity contribution in [2.24, 2.45) is 0 Å². The highest BCUT2D eigenvalue weighted by atomic mass is 16.5. The van der Waals surface area contributed by atoms with Gasteiger partial charge < -0.3 is 9.84 Å². The maximum Gasteiger partial charge on any atom is 0.118 e. The summed E-state index contributed by atoms with van der Waals surface area (Å²) < 4.78 is 5.04. The lowest BCUT2D eigenvalue weighted by atomic mass is 9.93. The summed E-state index contributed by atoms with van der Waals surface area (Å²) in [5.74, 6) is 0.795. The van der Waals surface area contributed by atoms with Crippen LogP contribution in [0.15, 0.2) is 36.9 Å². The molecule has 0 aliphatic rings. The van der Waals surface area contributed by atoms with Crippen molar-refractivity contribution in [1.29, 1.82) is 0 Å². The number of rotatable bonds is 4. The van der Waals surface area contributed by atoms with E-state index in [0.29, 0.717) is 6.42 Å². The van der Waals surface area contributed by atoms with Gasteiger partial charge in [-0.1, -0.05) is 18.2 Å². The third-order valence-corrected chi connectivity index (χ3v) is 2.25. The van der Waals surface area contributed by atoms with Gasteiger partial charge in [-0.05, 0) is 31.0 Å². The molecule has 2 heteroatoms. The number of aliphatic hydroxyl groups is 1. The largest absolute Gasteiger partial charge is 0.497 e. The summed E-state index contributed by atoms with van der Waals surface area (Å²) in [7, 11) is 1.62. The first-order valence-electron chi connectivity index (χ1n) is 4.58. The second-order valence-corrected chi connectivity index (χ2v) is 3.50. The van der Waals surface area contributed by atoms with Crippen LogP contribution in [-0.2, 0) is 5.60 Å². The fraction of sp³-hybridized carbons (Fsp3) is 0.333. The van der Waals surface area contributed by atoms with E-state index in [-0.39, 0.29) is 0 Å². The van der Waals surface area contributed by atoms with Crippen molar-refractivity contribution in [3.63, 3.8) is 0 Å². The molecule has 1 N–H and O–H groups in total. The van der Waals surface area contributed by atoms with Gasteiger partial charge in [-0.15, -0.1) is 6.58 Å². The molecule has 1 aromatic rings. The van der Waals surface area contributed by atoms with Crippen LogP contribution in [0.5, 0.6) is 5.75 Å². The van der Waals surface area contributed by atoms with E-state index in [0.717, 1.165) is 11.3 Å². The van der Waals surface area contributed by atoms with Crippen LogP contribution in [0.1, 0.15) is 18.9 Å². The van der Waals surface area contributed by atoms with Crippen LogP contribution in [0.4, 0.5) is 0 Å². The molecule has 1 atom stereocenters. The molecule has 0 fully saturated rings. The predicted molar refractivity (Wildman–Crippen MR) is 57.4 cm³/mol. The Bertz CT molecular complexity index is 299. The predicted octanol–water partition coefficient (Wildman–Crippen LogP) is 2.48. The highest BCUT2D eigenvalue weighted by molar-refractivity contribution is 5.30. The summed E-state index contributed by atoms with van der Waals surface area (Å²) in [6.45, 7) is 5.39. The number of benzene rings is 1. The Labute approximate surface area is 84.8 Å². The Morgan fingerprint density at radius 1 is 1.43 bits per heavy atom. The number of hydrogen-bond donors (Lipinski definition) is 1. The standard InChI is InChI=1S/C12H16O2/c1-4-9-12(2,13)10-5-7-11(14-3)8-6-10/h4-8,13H,1,9H2,2-3H3/t12-/m1/s1. The minimum Gasteiger partial charge on any atom is -0.497 e. The molecule has 0 radical (unpaired) electrons. The van der Waals surface area contributed by atoms with E-state index < -0.39 is 5.60 Å². The minimum absolute atomic E-state index is 0.541. The highest BCUT2D eigenvalue weighted by Crippen LogP contribution is 2.26. The molecule has 0 saturated heterocycles. The molecule has 76 valence electrons. The van der Waals surface area contributed by atoms with Crippen LogP contribution in [0.25, 0.3) is 0 Å².